The Hall–Kier alpha value is -4.87. The summed E-state index contributed by atoms with van der Waals surface area (Å²) in [5.74, 6) is -4.22. The average Bonchev–Trinajstić information content (AvgIpc) is 3.27. The van der Waals surface area contributed by atoms with Gasteiger partial charge in [-0.3, -0.25) is 19.3 Å². The van der Waals surface area contributed by atoms with Crippen LogP contribution in [0.5, 0.6) is 11.5 Å². The smallest absolute Gasteiger partial charge is 0.490 e. The predicted octanol–water partition coefficient (Wildman–Crippen LogP) is 3.65. The number of hydrogen-bond acceptors (Lipinski definition) is 9. The molecule has 0 unspecified atom stereocenters. The number of benzene rings is 2. The lowest BCUT2D eigenvalue weighted by Gasteiger charge is -2.30. The number of sulfonamides is 1. The Kier molecular flexibility index (Phi) is 12.8. The molecule has 4 N–H and O–H groups in total. The van der Waals surface area contributed by atoms with Gasteiger partial charge in [0.2, 0.25) is 10.0 Å². The number of halogens is 3. The third kappa shape index (κ3) is 10.1. The number of rotatable bonds is 12. The van der Waals surface area contributed by atoms with E-state index < -0.39 is 40.2 Å². The van der Waals surface area contributed by atoms with Crippen LogP contribution in [0.4, 0.5) is 18.9 Å². The summed E-state index contributed by atoms with van der Waals surface area (Å²) < 4.78 is 69.5. The molecule has 0 aliphatic carbocycles. The summed E-state index contributed by atoms with van der Waals surface area (Å²) in [5.41, 5.74) is 1.58. The van der Waals surface area contributed by atoms with Crippen molar-refractivity contribution >= 4 is 45.2 Å². The molecule has 1 aliphatic heterocycles. The molecular formula is C31H39F3N4O10S. The van der Waals surface area contributed by atoms with Crippen LogP contribution in [0.1, 0.15) is 72.0 Å². The van der Waals surface area contributed by atoms with Gasteiger partial charge in [-0.05, 0) is 49.1 Å². The lowest BCUT2D eigenvalue weighted by atomic mass is 9.84. The van der Waals surface area contributed by atoms with Gasteiger partial charge >= 0.3 is 18.1 Å². The van der Waals surface area contributed by atoms with Crippen molar-refractivity contribution in [3.8, 4) is 11.5 Å². The summed E-state index contributed by atoms with van der Waals surface area (Å²) in [6.07, 6.45) is -4.06. The van der Waals surface area contributed by atoms with E-state index in [-0.39, 0.29) is 59.7 Å². The van der Waals surface area contributed by atoms with Gasteiger partial charge in [0.05, 0.1) is 30.7 Å². The maximum absolute atomic E-state index is 13.7. The second kappa shape index (κ2) is 15.6. The number of carboxylic acid groups (broad SMARTS) is 2. The fraction of sp³-hybridized carbons (Fsp3) is 0.452. The minimum absolute atomic E-state index is 0.0193. The van der Waals surface area contributed by atoms with E-state index in [2.05, 4.69) is 5.32 Å². The monoisotopic (exact) mass is 716 g/mol. The van der Waals surface area contributed by atoms with Crippen molar-refractivity contribution < 1.29 is 60.5 Å². The van der Waals surface area contributed by atoms with E-state index in [1.54, 1.807) is 36.9 Å². The molecule has 2 aromatic rings. The van der Waals surface area contributed by atoms with Gasteiger partial charge in [0.25, 0.3) is 5.91 Å². The molecule has 0 aromatic heterocycles. The molecule has 270 valence electrons. The van der Waals surface area contributed by atoms with Crippen LogP contribution in [-0.2, 0) is 31.6 Å². The molecule has 0 fully saturated rings. The summed E-state index contributed by atoms with van der Waals surface area (Å²) in [4.78, 5) is 48.0. The maximum Gasteiger partial charge on any atom is 0.490 e. The normalized spacial score (nSPS) is 12.8. The van der Waals surface area contributed by atoms with Gasteiger partial charge in [-0.1, -0.05) is 20.8 Å². The fourth-order valence-corrected chi connectivity index (χ4v) is 5.76. The molecule has 1 aliphatic rings. The number of carboxylic acids is 2. The van der Waals surface area contributed by atoms with Gasteiger partial charge < -0.3 is 29.9 Å². The van der Waals surface area contributed by atoms with Gasteiger partial charge in [0.15, 0.2) is 12.4 Å². The number of Topliss-reactive ketones (excluding diaryl/α,β-unsaturated/α-hetero) is 1. The summed E-state index contributed by atoms with van der Waals surface area (Å²) in [6, 6.07) is 6.27. The molecule has 0 saturated carbocycles. The van der Waals surface area contributed by atoms with Crippen molar-refractivity contribution in [2.75, 3.05) is 43.9 Å². The molecular weight excluding hydrogens is 677 g/mol. The number of nitrogens with zero attached hydrogens (tertiary/aromatic N) is 2. The number of amides is 1. The zero-order chi connectivity index (χ0) is 37.6. The molecule has 1 heterocycles. The Bertz CT molecular complexity index is 1740. The van der Waals surface area contributed by atoms with Crippen molar-refractivity contribution in [1.29, 1.82) is 5.41 Å². The van der Waals surface area contributed by atoms with E-state index >= 15 is 0 Å². The minimum atomic E-state index is -5.08. The molecule has 0 spiro atoms. The number of fused-ring (bicyclic) bond motifs is 1. The Morgan fingerprint density at radius 1 is 1.04 bits per heavy atom. The van der Waals surface area contributed by atoms with Gasteiger partial charge in [0, 0.05) is 36.8 Å². The second-order valence-corrected chi connectivity index (χ2v) is 13.6. The van der Waals surface area contributed by atoms with Crippen LogP contribution in [0.3, 0.4) is 0 Å². The quantitative estimate of drug-likeness (QED) is 0.234. The Labute approximate surface area is 281 Å². The largest absolute Gasteiger partial charge is 0.493 e. The number of ketones is 1. The molecule has 1 amide bonds. The fourth-order valence-electron chi connectivity index (χ4n) is 4.80. The third-order valence-corrected chi connectivity index (χ3v) is 8.24. The van der Waals surface area contributed by atoms with Crippen LogP contribution in [0.15, 0.2) is 24.3 Å². The SMILES string of the molecule is CCOc1cc2c(cc1C(=O)NC)C(=N)N(CC(=O)c1cc(N(CC)S(C)(=O)=O)c(OCC(=O)O)c(C(C)(C)C)c1)C2.O=C(O)C(F)(F)F. The van der Waals surface area contributed by atoms with E-state index in [4.69, 9.17) is 24.8 Å². The predicted molar refractivity (Wildman–Crippen MR) is 172 cm³/mol. The lowest BCUT2D eigenvalue weighted by Crippen LogP contribution is -2.33. The number of nitrogens with one attached hydrogen (secondary N) is 2. The molecule has 18 heteroatoms. The van der Waals surface area contributed by atoms with Gasteiger partial charge in [-0.15, -0.1) is 0 Å². The average molecular weight is 717 g/mol. The van der Waals surface area contributed by atoms with Crippen LogP contribution in [0.25, 0.3) is 0 Å². The zero-order valence-electron chi connectivity index (χ0n) is 27.9. The van der Waals surface area contributed by atoms with Gasteiger partial charge in [-0.2, -0.15) is 13.2 Å². The Balaban J connectivity index is 0.00000107. The molecule has 14 nitrogen and oxygen atoms in total. The van der Waals surface area contributed by atoms with E-state index in [9.17, 15) is 41.1 Å². The highest BCUT2D eigenvalue weighted by Crippen LogP contribution is 2.41. The Morgan fingerprint density at radius 3 is 2.08 bits per heavy atom. The minimum Gasteiger partial charge on any atom is -0.493 e. The number of anilines is 1. The lowest BCUT2D eigenvalue weighted by molar-refractivity contribution is -0.192. The maximum atomic E-state index is 13.7. The van der Waals surface area contributed by atoms with Crippen LogP contribution in [0.2, 0.25) is 0 Å². The van der Waals surface area contributed by atoms with Gasteiger partial charge in [0.1, 0.15) is 17.3 Å². The summed E-state index contributed by atoms with van der Waals surface area (Å²) in [6.45, 7) is 8.66. The summed E-state index contributed by atoms with van der Waals surface area (Å²) in [7, 11) is -2.31. The number of carbonyl (C=O) groups is 4. The number of alkyl halides is 3. The molecule has 0 atom stereocenters. The van der Waals surface area contributed by atoms with E-state index in [1.165, 1.54) is 13.1 Å². The Morgan fingerprint density at radius 2 is 1.63 bits per heavy atom. The van der Waals surface area contributed by atoms with Crippen LogP contribution in [-0.4, -0.2) is 98.8 Å². The van der Waals surface area contributed by atoms with E-state index in [1.807, 2.05) is 20.8 Å². The van der Waals surface area contributed by atoms with Crippen LogP contribution >= 0.6 is 0 Å². The first-order valence-corrected chi connectivity index (χ1v) is 16.5. The van der Waals surface area contributed by atoms with Gasteiger partial charge in [-0.25, -0.2) is 18.0 Å². The number of amidine groups is 1. The third-order valence-electron chi connectivity index (χ3n) is 6.98. The number of carbonyl (C=O) groups excluding carboxylic acids is 2. The highest BCUT2D eigenvalue weighted by molar-refractivity contribution is 7.92. The van der Waals surface area contributed by atoms with Crippen molar-refractivity contribution in [3.63, 3.8) is 0 Å². The molecule has 49 heavy (non-hydrogen) atoms. The van der Waals surface area contributed by atoms with Crippen molar-refractivity contribution in [3.05, 3.63) is 52.1 Å². The standard InChI is InChI=1S/C29H38N4O8S.C2HF3O2/c1-8-33(42(7,38)39)22-11-17(10-21(29(3,4)5)26(22)41-16-25(35)36)23(34)15-32-14-18-12-24(40-9-2)20(28(37)31-6)13-19(18)27(32)30;3-2(4,5)1(6)7/h10-13,30H,8-9,14-16H2,1-7H3,(H,31,37)(H,35,36);(H,6,7). The first-order chi connectivity index (χ1) is 22.5. The summed E-state index contributed by atoms with van der Waals surface area (Å²) in [5, 5.41) is 27.7. The van der Waals surface area contributed by atoms with E-state index in [0.717, 1.165) is 16.1 Å². The summed E-state index contributed by atoms with van der Waals surface area (Å²) >= 11 is 0. The van der Waals surface area contributed by atoms with Crippen LogP contribution < -0.4 is 19.1 Å². The van der Waals surface area contributed by atoms with Crippen molar-refractivity contribution in [2.45, 2.75) is 52.8 Å². The van der Waals surface area contributed by atoms with Crippen LogP contribution in [0, 0.1) is 5.41 Å². The number of ether oxygens (including phenoxy) is 2. The molecule has 3 rings (SSSR count). The zero-order valence-corrected chi connectivity index (χ0v) is 28.8. The highest BCUT2D eigenvalue weighted by Gasteiger charge is 2.38. The first kappa shape index (κ1) is 40.3. The van der Waals surface area contributed by atoms with E-state index in [0.29, 0.717) is 23.5 Å². The number of aliphatic carboxylic acids is 2. The topological polar surface area (TPSA) is 204 Å². The second-order valence-electron chi connectivity index (χ2n) is 11.7. The molecule has 0 saturated heterocycles. The molecule has 0 radical (unpaired) electrons. The molecule has 2 aromatic carbocycles. The highest BCUT2D eigenvalue weighted by atomic mass is 32.2. The van der Waals surface area contributed by atoms with Crippen molar-refractivity contribution in [2.24, 2.45) is 0 Å². The molecule has 0 bridgehead atoms. The first-order valence-electron chi connectivity index (χ1n) is 14.7. The van der Waals surface area contributed by atoms with Crippen molar-refractivity contribution in [1.82, 2.24) is 10.2 Å². The number of hydrogen-bond donors (Lipinski definition) is 4.